The minimum absolute atomic E-state index is 0.202. The average Bonchev–Trinajstić information content (AvgIpc) is 2.71. The van der Waals surface area contributed by atoms with Crippen molar-refractivity contribution in [2.24, 2.45) is 0 Å². The fourth-order valence-electron chi connectivity index (χ4n) is 3.67. The molecule has 3 aromatic rings. The van der Waals surface area contributed by atoms with Crippen LogP contribution in [0, 0.1) is 5.82 Å². The summed E-state index contributed by atoms with van der Waals surface area (Å²) in [5.74, 6) is -0.202. The molecule has 0 bridgehead atoms. The number of rotatable bonds is 5. The first kappa shape index (κ1) is 19.7. The van der Waals surface area contributed by atoms with E-state index < -0.39 is 0 Å². The lowest BCUT2D eigenvalue weighted by atomic mass is 10.0. The van der Waals surface area contributed by atoms with Crippen LogP contribution in [0.4, 0.5) is 10.1 Å². The van der Waals surface area contributed by atoms with Gasteiger partial charge in [0.15, 0.2) is 0 Å². The molecule has 2 heterocycles. The summed E-state index contributed by atoms with van der Waals surface area (Å²) in [6, 6.07) is 13.8. The van der Waals surface area contributed by atoms with Crippen molar-refractivity contribution in [1.29, 1.82) is 0 Å². The number of hydrogen-bond donors (Lipinski definition) is 1. The number of nitrogens with one attached hydrogen (secondary N) is 1. The van der Waals surface area contributed by atoms with Gasteiger partial charge in [-0.05, 0) is 37.1 Å². The number of nitrogens with zero attached hydrogens (tertiary/aromatic N) is 1. The zero-order valence-electron chi connectivity index (χ0n) is 15.9. The van der Waals surface area contributed by atoms with Gasteiger partial charge in [-0.1, -0.05) is 42.0 Å². The Morgan fingerprint density at radius 3 is 2.76 bits per heavy atom. The summed E-state index contributed by atoms with van der Waals surface area (Å²) in [6.07, 6.45) is 5.74. The molecule has 0 saturated carbocycles. The zero-order valence-corrected chi connectivity index (χ0v) is 16.7. The van der Waals surface area contributed by atoms with Crippen LogP contribution in [-0.4, -0.2) is 30.6 Å². The topological polar surface area (TPSA) is 45.5 Å². The second-order valence-corrected chi connectivity index (χ2v) is 7.70. The van der Waals surface area contributed by atoms with Gasteiger partial charge in [-0.15, -0.1) is 0 Å². The third-order valence-corrected chi connectivity index (χ3v) is 5.45. The molecule has 4 rings (SSSR count). The molecule has 4 nitrogen and oxygen atoms in total. The maximum Gasteiger partial charge on any atom is 0.338 e. The summed E-state index contributed by atoms with van der Waals surface area (Å²) in [4.78, 5) is 14.2. The highest BCUT2D eigenvalue weighted by molar-refractivity contribution is 6.31. The Morgan fingerprint density at radius 2 is 1.97 bits per heavy atom. The monoisotopic (exact) mass is 412 g/mol. The Morgan fingerprint density at radius 1 is 1.17 bits per heavy atom. The molecule has 1 aliphatic rings. The van der Waals surface area contributed by atoms with Crippen molar-refractivity contribution in [3.8, 4) is 0 Å². The number of fused-ring (bicyclic) bond motifs is 1. The summed E-state index contributed by atoms with van der Waals surface area (Å²) in [6.45, 7) is 2.65. The number of hydrogen-bond acceptors (Lipinski definition) is 4. The number of benzene rings is 2. The standard InChI is InChI=1S/C23H22ClFN2O2/c24-17-7-8-22-19(14-17)21(15-23(28)29-22)26-18-9-12-27(13-10-18)11-3-5-16-4-1-2-6-20(16)25/h1-8,14-15,18,26H,9-13H2. The quantitative estimate of drug-likeness (QED) is 0.587. The predicted octanol–water partition coefficient (Wildman–Crippen LogP) is 5.18. The van der Waals surface area contributed by atoms with Crippen molar-refractivity contribution in [2.45, 2.75) is 18.9 Å². The Balaban J connectivity index is 1.36. The lowest BCUT2D eigenvalue weighted by Gasteiger charge is -2.32. The SMILES string of the molecule is O=c1cc(NC2CCN(CC=Cc3ccccc3F)CC2)c2cc(Cl)ccc2o1. The van der Waals surface area contributed by atoms with Crippen molar-refractivity contribution in [1.82, 2.24) is 4.90 Å². The minimum atomic E-state index is -0.377. The van der Waals surface area contributed by atoms with Crippen molar-refractivity contribution < 1.29 is 8.81 Å². The van der Waals surface area contributed by atoms with E-state index in [1.54, 1.807) is 24.3 Å². The first-order chi connectivity index (χ1) is 14.1. The van der Waals surface area contributed by atoms with Crippen LogP contribution in [0.5, 0.6) is 0 Å². The smallest absolute Gasteiger partial charge is 0.338 e. The van der Waals surface area contributed by atoms with E-state index in [0.29, 0.717) is 16.2 Å². The summed E-state index contributed by atoms with van der Waals surface area (Å²) in [5.41, 5.74) is 1.52. The second kappa shape index (κ2) is 8.80. The highest BCUT2D eigenvalue weighted by atomic mass is 35.5. The lowest BCUT2D eigenvalue weighted by Crippen LogP contribution is -2.39. The van der Waals surface area contributed by atoms with E-state index in [9.17, 15) is 9.18 Å². The van der Waals surface area contributed by atoms with Crippen LogP contribution in [-0.2, 0) is 0 Å². The van der Waals surface area contributed by atoms with Gasteiger partial charge in [0.2, 0.25) is 0 Å². The van der Waals surface area contributed by atoms with E-state index in [1.807, 2.05) is 24.3 Å². The van der Waals surface area contributed by atoms with Gasteiger partial charge in [-0.3, -0.25) is 4.90 Å². The molecule has 2 aromatic carbocycles. The van der Waals surface area contributed by atoms with Crippen LogP contribution >= 0.6 is 11.6 Å². The van der Waals surface area contributed by atoms with E-state index in [0.717, 1.165) is 43.5 Å². The molecule has 1 N–H and O–H groups in total. The van der Waals surface area contributed by atoms with Crippen LogP contribution in [0.3, 0.4) is 0 Å². The fourth-order valence-corrected chi connectivity index (χ4v) is 3.85. The normalized spacial score (nSPS) is 15.9. The van der Waals surface area contributed by atoms with Crippen LogP contribution in [0.1, 0.15) is 18.4 Å². The van der Waals surface area contributed by atoms with E-state index in [1.165, 1.54) is 12.1 Å². The minimum Gasteiger partial charge on any atom is -0.423 e. The summed E-state index contributed by atoms with van der Waals surface area (Å²) in [5, 5.41) is 4.90. The van der Waals surface area contributed by atoms with E-state index in [-0.39, 0.29) is 17.5 Å². The Kier molecular flexibility index (Phi) is 5.97. The van der Waals surface area contributed by atoms with Crippen LogP contribution in [0.25, 0.3) is 17.0 Å². The molecule has 6 heteroatoms. The molecule has 0 spiro atoms. The molecule has 0 aliphatic carbocycles. The van der Waals surface area contributed by atoms with Gasteiger partial charge < -0.3 is 9.73 Å². The molecule has 1 aromatic heterocycles. The van der Waals surface area contributed by atoms with E-state index >= 15 is 0 Å². The number of piperidine rings is 1. The second-order valence-electron chi connectivity index (χ2n) is 7.26. The van der Waals surface area contributed by atoms with Crippen molar-refractivity contribution in [3.63, 3.8) is 0 Å². The molecule has 1 saturated heterocycles. The maximum atomic E-state index is 13.7. The van der Waals surface area contributed by atoms with Gasteiger partial charge in [-0.25, -0.2) is 9.18 Å². The molecule has 150 valence electrons. The zero-order chi connectivity index (χ0) is 20.2. The Hall–Kier alpha value is -2.63. The van der Waals surface area contributed by atoms with Gasteiger partial charge in [0.05, 0.1) is 5.69 Å². The van der Waals surface area contributed by atoms with Gasteiger partial charge in [0.25, 0.3) is 0 Å². The molecule has 0 amide bonds. The Bertz CT molecular complexity index is 1090. The molecule has 1 fully saturated rings. The van der Waals surface area contributed by atoms with E-state index in [4.69, 9.17) is 16.0 Å². The average molecular weight is 413 g/mol. The number of likely N-dealkylation sites (tertiary alicyclic amines) is 1. The number of anilines is 1. The van der Waals surface area contributed by atoms with Crippen molar-refractivity contribution in [3.05, 3.63) is 81.4 Å². The molecular weight excluding hydrogens is 391 g/mol. The molecule has 29 heavy (non-hydrogen) atoms. The summed E-state index contributed by atoms with van der Waals surface area (Å²) in [7, 11) is 0. The molecule has 0 unspecified atom stereocenters. The first-order valence-electron chi connectivity index (χ1n) is 9.72. The van der Waals surface area contributed by atoms with Gasteiger partial charge in [0.1, 0.15) is 11.4 Å². The van der Waals surface area contributed by atoms with Crippen molar-refractivity contribution >= 4 is 34.3 Å². The fraction of sp³-hybridized carbons (Fsp3) is 0.261. The molecular formula is C23H22ClFN2O2. The molecule has 1 aliphatic heterocycles. The Labute approximate surface area is 173 Å². The van der Waals surface area contributed by atoms with Gasteiger partial charge >= 0.3 is 5.63 Å². The van der Waals surface area contributed by atoms with E-state index in [2.05, 4.69) is 10.2 Å². The highest BCUT2D eigenvalue weighted by Crippen LogP contribution is 2.27. The van der Waals surface area contributed by atoms with Gasteiger partial charge in [0, 0.05) is 47.7 Å². The number of halogens is 2. The maximum absolute atomic E-state index is 13.7. The lowest BCUT2D eigenvalue weighted by molar-refractivity contribution is 0.240. The third kappa shape index (κ3) is 4.86. The summed E-state index contributed by atoms with van der Waals surface area (Å²) < 4.78 is 18.9. The summed E-state index contributed by atoms with van der Waals surface area (Å²) >= 11 is 6.11. The van der Waals surface area contributed by atoms with Crippen molar-refractivity contribution in [2.75, 3.05) is 25.0 Å². The molecule has 0 atom stereocenters. The largest absolute Gasteiger partial charge is 0.423 e. The van der Waals surface area contributed by atoms with Crippen LogP contribution < -0.4 is 10.9 Å². The first-order valence-corrected chi connectivity index (χ1v) is 10.1. The molecule has 0 radical (unpaired) electrons. The highest BCUT2D eigenvalue weighted by Gasteiger charge is 2.19. The van der Waals surface area contributed by atoms with Crippen LogP contribution in [0.15, 0.2) is 63.8 Å². The van der Waals surface area contributed by atoms with Crippen LogP contribution in [0.2, 0.25) is 5.02 Å². The third-order valence-electron chi connectivity index (χ3n) is 5.22. The van der Waals surface area contributed by atoms with Gasteiger partial charge in [-0.2, -0.15) is 0 Å². The predicted molar refractivity (Wildman–Crippen MR) is 116 cm³/mol.